The molecule has 0 bridgehead atoms. The van der Waals surface area contributed by atoms with E-state index in [0.29, 0.717) is 10.1 Å². The number of anilines is 1. The summed E-state index contributed by atoms with van der Waals surface area (Å²) in [5.41, 5.74) is 5.10. The summed E-state index contributed by atoms with van der Waals surface area (Å²) in [6.07, 6.45) is -4.58. The van der Waals surface area contributed by atoms with E-state index in [4.69, 9.17) is 5.73 Å². The topological polar surface area (TPSA) is 69.1 Å². The van der Waals surface area contributed by atoms with E-state index in [1.165, 1.54) is 0 Å². The van der Waals surface area contributed by atoms with Gasteiger partial charge in [-0.2, -0.15) is 22.7 Å². The Hall–Kier alpha value is -2.64. The van der Waals surface area contributed by atoms with Gasteiger partial charge in [0.25, 0.3) is 5.78 Å². The smallest absolute Gasteiger partial charge is 0.366 e. The predicted molar refractivity (Wildman–Crippen MR) is 65.6 cm³/mol. The first-order valence-electron chi connectivity index (χ1n) is 5.61. The van der Waals surface area contributed by atoms with E-state index in [0.717, 1.165) is 6.07 Å². The predicted octanol–water partition coefficient (Wildman–Crippen LogP) is 2.39. The summed E-state index contributed by atoms with van der Waals surface area (Å²) in [5.74, 6) is -0.440. The summed E-state index contributed by atoms with van der Waals surface area (Å²) in [6, 6.07) is 9.45. The van der Waals surface area contributed by atoms with Crippen molar-refractivity contribution in [3.05, 3.63) is 42.1 Å². The molecule has 5 nitrogen and oxygen atoms in total. The molecule has 2 N–H and O–H groups in total. The van der Waals surface area contributed by atoms with Crippen molar-refractivity contribution in [2.24, 2.45) is 0 Å². The molecular weight excluding hydrogens is 271 g/mol. The van der Waals surface area contributed by atoms with Crippen LogP contribution in [0.1, 0.15) is 5.69 Å². The highest BCUT2D eigenvalue weighted by Gasteiger charge is 2.35. The van der Waals surface area contributed by atoms with Gasteiger partial charge in [0.05, 0.1) is 5.69 Å². The molecule has 20 heavy (non-hydrogen) atoms. The van der Waals surface area contributed by atoms with Gasteiger partial charge in [-0.15, -0.1) is 5.10 Å². The molecule has 2 heterocycles. The molecule has 0 radical (unpaired) electrons. The minimum absolute atomic E-state index is 0.165. The number of hydrogen-bond acceptors (Lipinski definition) is 4. The molecule has 8 heteroatoms. The Labute approximate surface area is 110 Å². The first-order valence-corrected chi connectivity index (χ1v) is 5.61. The van der Waals surface area contributed by atoms with Crippen molar-refractivity contribution in [1.29, 1.82) is 0 Å². The third-order valence-corrected chi connectivity index (χ3v) is 2.69. The summed E-state index contributed by atoms with van der Waals surface area (Å²) >= 11 is 0. The van der Waals surface area contributed by atoms with Gasteiger partial charge >= 0.3 is 6.18 Å². The van der Waals surface area contributed by atoms with Crippen LogP contribution >= 0.6 is 0 Å². The average molecular weight is 279 g/mol. The first kappa shape index (κ1) is 12.4. The number of rotatable bonds is 1. The van der Waals surface area contributed by atoms with Crippen molar-refractivity contribution in [1.82, 2.24) is 19.6 Å². The lowest BCUT2D eigenvalue weighted by molar-refractivity contribution is -0.142. The number of alkyl halides is 3. The maximum absolute atomic E-state index is 13.1. The van der Waals surface area contributed by atoms with Crippen LogP contribution in [0.3, 0.4) is 0 Å². The molecule has 102 valence electrons. The highest BCUT2D eigenvalue weighted by Crippen LogP contribution is 2.31. The molecule has 0 atom stereocenters. The van der Waals surface area contributed by atoms with E-state index in [2.05, 4.69) is 15.1 Å². The lowest BCUT2D eigenvalue weighted by Crippen LogP contribution is -2.13. The number of halogens is 3. The minimum atomic E-state index is -4.58. The second-order valence-corrected chi connectivity index (χ2v) is 4.07. The number of fused-ring (bicyclic) bond motifs is 1. The molecule has 0 saturated carbocycles. The quantitative estimate of drug-likeness (QED) is 0.742. The number of benzene rings is 1. The van der Waals surface area contributed by atoms with E-state index >= 15 is 0 Å². The van der Waals surface area contributed by atoms with Gasteiger partial charge in [-0.3, -0.25) is 0 Å². The fourth-order valence-electron chi connectivity index (χ4n) is 1.84. The maximum atomic E-state index is 13.1. The van der Waals surface area contributed by atoms with Crippen LogP contribution in [0, 0.1) is 0 Å². The molecule has 2 aromatic heterocycles. The van der Waals surface area contributed by atoms with Crippen LogP contribution in [0.2, 0.25) is 0 Å². The molecule has 0 fully saturated rings. The molecule has 0 aliphatic heterocycles. The van der Waals surface area contributed by atoms with E-state index in [1.54, 1.807) is 30.3 Å². The van der Waals surface area contributed by atoms with Crippen molar-refractivity contribution in [2.75, 3.05) is 5.73 Å². The Bertz CT molecular complexity index is 764. The number of hydrogen-bond donors (Lipinski definition) is 1. The number of nitrogen functional groups attached to an aromatic ring is 1. The summed E-state index contributed by atoms with van der Waals surface area (Å²) in [7, 11) is 0. The molecule has 0 saturated heterocycles. The van der Waals surface area contributed by atoms with E-state index < -0.39 is 11.9 Å². The van der Waals surface area contributed by atoms with Gasteiger partial charge in [0, 0.05) is 5.56 Å². The van der Waals surface area contributed by atoms with Crippen LogP contribution in [-0.2, 0) is 6.18 Å². The lowest BCUT2D eigenvalue weighted by Gasteiger charge is -2.10. The summed E-state index contributed by atoms with van der Waals surface area (Å²) in [6.45, 7) is 0. The number of nitrogens with zero attached hydrogens (tertiary/aromatic N) is 4. The number of aromatic nitrogens is 4. The number of nitrogens with two attached hydrogens (primary N) is 1. The fourth-order valence-corrected chi connectivity index (χ4v) is 1.84. The van der Waals surface area contributed by atoms with Gasteiger partial charge in [0.2, 0.25) is 5.95 Å². The Morgan fingerprint density at radius 1 is 1.05 bits per heavy atom. The van der Waals surface area contributed by atoms with Crippen molar-refractivity contribution >= 4 is 11.7 Å². The second kappa shape index (κ2) is 4.19. The Kier molecular flexibility index (Phi) is 2.60. The van der Waals surface area contributed by atoms with E-state index in [-0.39, 0.29) is 17.4 Å². The van der Waals surface area contributed by atoms with Gasteiger partial charge in [-0.1, -0.05) is 30.3 Å². The largest absolute Gasteiger partial charge is 0.433 e. The van der Waals surface area contributed by atoms with Crippen molar-refractivity contribution in [2.45, 2.75) is 6.18 Å². The van der Waals surface area contributed by atoms with Gasteiger partial charge in [0.15, 0.2) is 5.69 Å². The van der Waals surface area contributed by atoms with Gasteiger partial charge in [-0.05, 0) is 6.07 Å². The molecule has 0 unspecified atom stereocenters. The molecule has 0 aliphatic carbocycles. The monoisotopic (exact) mass is 279 g/mol. The van der Waals surface area contributed by atoms with E-state index in [1.807, 2.05) is 0 Å². The highest BCUT2D eigenvalue weighted by molar-refractivity contribution is 5.61. The highest BCUT2D eigenvalue weighted by atomic mass is 19.4. The molecule has 0 spiro atoms. The summed E-state index contributed by atoms with van der Waals surface area (Å²) in [5, 5.41) is 3.52. The lowest BCUT2D eigenvalue weighted by atomic mass is 10.1. The fraction of sp³-hybridized carbons (Fsp3) is 0.0833. The van der Waals surface area contributed by atoms with Crippen LogP contribution < -0.4 is 5.73 Å². The van der Waals surface area contributed by atoms with Crippen LogP contribution in [0.25, 0.3) is 17.0 Å². The Morgan fingerprint density at radius 3 is 2.40 bits per heavy atom. The zero-order valence-corrected chi connectivity index (χ0v) is 9.96. The van der Waals surface area contributed by atoms with Crippen LogP contribution in [0.15, 0.2) is 36.4 Å². The van der Waals surface area contributed by atoms with Crippen LogP contribution in [0.4, 0.5) is 19.1 Å². The molecule has 1 aromatic carbocycles. The van der Waals surface area contributed by atoms with Crippen molar-refractivity contribution < 1.29 is 13.2 Å². The van der Waals surface area contributed by atoms with Crippen molar-refractivity contribution in [3.8, 4) is 11.3 Å². The zero-order chi connectivity index (χ0) is 14.3. The Balaban J connectivity index is 2.31. The molecule has 0 aliphatic rings. The first-order chi connectivity index (χ1) is 9.45. The SMILES string of the molecule is Nc1nc2nc(-c3ccccc3)cc(C(F)(F)F)n2n1. The van der Waals surface area contributed by atoms with Gasteiger partial charge in [-0.25, -0.2) is 4.98 Å². The maximum Gasteiger partial charge on any atom is 0.433 e. The van der Waals surface area contributed by atoms with Crippen LogP contribution in [0.5, 0.6) is 0 Å². The normalized spacial score (nSPS) is 11.9. The Morgan fingerprint density at radius 2 is 1.75 bits per heavy atom. The second-order valence-electron chi connectivity index (χ2n) is 4.07. The molecule has 0 amide bonds. The summed E-state index contributed by atoms with van der Waals surface area (Å²) in [4.78, 5) is 7.74. The molecule has 3 aromatic rings. The van der Waals surface area contributed by atoms with Crippen LogP contribution in [-0.4, -0.2) is 19.6 Å². The zero-order valence-electron chi connectivity index (χ0n) is 9.96. The average Bonchev–Trinajstić information content (AvgIpc) is 2.77. The third kappa shape index (κ3) is 2.04. The van der Waals surface area contributed by atoms with Crippen molar-refractivity contribution in [3.63, 3.8) is 0 Å². The standard InChI is InChI=1S/C12H8F3N5/c13-12(14,15)9-6-8(7-4-2-1-3-5-7)17-11-18-10(16)19-20(9)11/h1-6H,(H2,16,19). The minimum Gasteiger partial charge on any atom is -0.366 e. The van der Waals surface area contributed by atoms with Gasteiger partial charge in [0.1, 0.15) is 0 Å². The molecular formula is C12H8F3N5. The molecule has 3 rings (SSSR count). The van der Waals surface area contributed by atoms with Gasteiger partial charge < -0.3 is 5.73 Å². The van der Waals surface area contributed by atoms with E-state index in [9.17, 15) is 13.2 Å². The third-order valence-electron chi connectivity index (χ3n) is 2.69. The summed E-state index contributed by atoms with van der Waals surface area (Å²) < 4.78 is 39.8.